The number of thioether (sulfide) groups is 1. The van der Waals surface area contributed by atoms with Gasteiger partial charge in [0.25, 0.3) is 5.91 Å². The number of carbonyl (C=O) groups is 3. The second-order valence-electron chi connectivity index (χ2n) is 6.58. The molecule has 0 aromatic heterocycles. The van der Waals surface area contributed by atoms with Crippen molar-refractivity contribution in [3.05, 3.63) is 69.3 Å². The van der Waals surface area contributed by atoms with Crippen molar-refractivity contribution >= 4 is 69.7 Å². The molecule has 1 aliphatic heterocycles. The molecule has 2 aromatic rings. The van der Waals surface area contributed by atoms with Crippen LogP contribution < -0.4 is 16.0 Å². The monoisotopic (exact) mass is 476 g/mol. The fourth-order valence-electron chi connectivity index (χ4n) is 2.71. The molecule has 4 amide bonds. The predicted octanol–water partition coefficient (Wildman–Crippen LogP) is 4.36. The average molecular weight is 477 g/mol. The second kappa shape index (κ2) is 10.00. The first kappa shape index (κ1) is 22.9. The molecule has 1 heterocycles. The van der Waals surface area contributed by atoms with Gasteiger partial charge in [-0.05, 0) is 42.8 Å². The summed E-state index contributed by atoms with van der Waals surface area (Å²) in [6.07, 6.45) is 1.66. The molecule has 0 unspecified atom stereocenters. The van der Waals surface area contributed by atoms with E-state index in [0.29, 0.717) is 32.2 Å². The maximum Gasteiger partial charge on any atom is 0.318 e. The summed E-state index contributed by atoms with van der Waals surface area (Å²) in [6.45, 7) is 1.95. The van der Waals surface area contributed by atoms with E-state index < -0.39 is 11.9 Å². The van der Waals surface area contributed by atoms with E-state index in [-0.39, 0.29) is 18.0 Å². The van der Waals surface area contributed by atoms with Crippen LogP contribution in [-0.4, -0.2) is 28.8 Å². The first-order valence-electron chi connectivity index (χ1n) is 9.13. The van der Waals surface area contributed by atoms with Gasteiger partial charge in [-0.3, -0.25) is 19.8 Å². The summed E-state index contributed by atoms with van der Waals surface area (Å²) in [4.78, 5) is 41.5. The molecular formula is C21H18Cl2N4O3S. The Kier molecular flexibility index (Phi) is 7.37. The van der Waals surface area contributed by atoms with Crippen LogP contribution >= 0.6 is 35.0 Å². The van der Waals surface area contributed by atoms with Crippen molar-refractivity contribution in [2.24, 2.45) is 10.7 Å². The number of primary amides is 1. The number of halogens is 2. The number of urea groups is 1. The number of hydrogen-bond acceptors (Lipinski definition) is 5. The van der Waals surface area contributed by atoms with Crippen LogP contribution in [-0.2, 0) is 9.59 Å². The maximum atomic E-state index is 13.1. The lowest BCUT2D eigenvalue weighted by molar-refractivity contribution is -0.119. The Morgan fingerprint density at radius 1 is 1.16 bits per heavy atom. The van der Waals surface area contributed by atoms with Crippen LogP contribution in [0.25, 0.3) is 6.08 Å². The van der Waals surface area contributed by atoms with Gasteiger partial charge in [0, 0.05) is 12.2 Å². The van der Waals surface area contributed by atoms with Gasteiger partial charge in [-0.15, -0.1) is 0 Å². The Bertz CT molecular complexity index is 1100. The molecule has 3 N–H and O–H groups in total. The Balaban J connectivity index is 1.86. The largest absolute Gasteiger partial charge is 0.351 e. The lowest BCUT2D eigenvalue weighted by atomic mass is 10.2. The summed E-state index contributed by atoms with van der Waals surface area (Å²) in [6, 6.07) is 11.6. The number of benzene rings is 2. The highest BCUT2D eigenvalue weighted by molar-refractivity contribution is 8.14. The molecule has 0 saturated heterocycles. The second-order valence-corrected chi connectivity index (χ2v) is 8.46. The molecule has 2 aromatic carbocycles. The number of amidine groups is 1. The number of nitrogens with one attached hydrogen (secondary N) is 1. The lowest BCUT2D eigenvalue weighted by Crippen LogP contribution is -2.35. The molecule has 160 valence electrons. The van der Waals surface area contributed by atoms with Crippen molar-refractivity contribution in [1.82, 2.24) is 5.32 Å². The Morgan fingerprint density at radius 2 is 1.87 bits per heavy atom. The molecular weight excluding hydrogens is 459 g/mol. The van der Waals surface area contributed by atoms with E-state index in [4.69, 9.17) is 28.9 Å². The van der Waals surface area contributed by atoms with Crippen LogP contribution in [0.2, 0.25) is 10.0 Å². The zero-order chi connectivity index (χ0) is 22.5. The average Bonchev–Trinajstić information content (AvgIpc) is 3.00. The molecule has 0 bridgehead atoms. The van der Waals surface area contributed by atoms with Crippen LogP contribution in [0.4, 0.5) is 10.5 Å². The highest BCUT2D eigenvalue weighted by Gasteiger charge is 2.32. The summed E-state index contributed by atoms with van der Waals surface area (Å²) in [5, 5.41) is 3.22. The molecule has 0 fully saturated rings. The standard InChI is InChI=1S/C21H18Cl2N4O3S/c1-12-2-5-14(6-3-12)27-19(29)17(11-13-4-7-15(22)16(23)10-13)25-21(27)31-9-8-18(28)26-20(24)30/h2-7,10-11H,8-9H2,1H3,(H3,24,26,28,30)/b17-11+. The van der Waals surface area contributed by atoms with Crippen molar-refractivity contribution in [1.29, 1.82) is 0 Å². The molecule has 31 heavy (non-hydrogen) atoms. The van der Waals surface area contributed by atoms with Gasteiger partial charge in [0.2, 0.25) is 5.91 Å². The van der Waals surface area contributed by atoms with Crippen LogP contribution in [0.3, 0.4) is 0 Å². The molecule has 0 atom stereocenters. The zero-order valence-electron chi connectivity index (χ0n) is 16.4. The van der Waals surface area contributed by atoms with E-state index in [0.717, 1.165) is 5.56 Å². The molecule has 3 rings (SSSR count). The third-order valence-corrected chi connectivity index (χ3v) is 5.87. The third-order valence-electron chi connectivity index (χ3n) is 4.19. The van der Waals surface area contributed by atoms with Gasteiger partial charge in [0.1, 0.15) is 5.70 Å². The topological polar surface area (TPSA) is 105 Å². The smallest absolute Gasteiger partial charge is 0.318 e. The minimum Gasteiger partial charge on any atom is -0.351 e. The van der Waals surface area contributed by atoms with E-state index in [9.17, 15) is 14.4 Å². The number of rotatable bonds is 5. The number of anilines is 1. The molecule has 7 nitrogen and oxygen atoms in total. The maximum absolute atomic E-state index is 13.1. The number of nitrogens with zero attached hydrogens (tertiary/aromatic N) is 2. The molecule has 0 spiro atoms. The van der Waals surface area contributed by atoms with Crippen LogP contribution in [0.1, 0.15) is 17.5 Å². The molecule has 1 aliphatic rings. The Morgan fingerprint density at radius 3 is 2.52 bits per heavy atom. The van der Waals surface area contributed by atoms with Crippen molar-refractivity contribution in [3.8, 4) is 0 Å². The number of aliphatic imine (C=N–C) groups is 1. The lowest BCUT2D eigenvalue weighted by Gasteiger charge is -2.18. The summed E-state index contributed by atoms with van der Waals surface area (Å²) in [5.41, 5.74) is 7.56. The van der Waals surface area contributed by atoms with Gasteiger partial charge in [0.05, 0.1) is 15.7 Å². The highest BCUT2D eigenvalue weighted by atomic mass is 35.5. The molecule has 0 aliphatic carbocycles. The van der Waals surface area contributed by atoms with Gasteiger partial charge in [-0.2, -0.15) is 0 Å². The molecule has 0 radical (unpaired) electrons. The normalized spacial score (nSPS) is 14.7. The van der Waals surface area contributed by atoms with Crippen LogP contribution in [0.5, 0.6) is 0 Å². The Hall–Kier alpha value is -2.81. The summed E-state index contributed by atoms with van der Waals surface area (Å²) in [5.74, 6) is -0.509. The molecule has 10 heteroatoms. The summed E-state index contributed by atoms with van der Waals surface area (Å²) >= 11 is 13.3. The van der Waals surface area contributed by atoms with Crippen LogP contribution in [0.15, 0.2) is 53.2 Å². The van der Waals surface area contributed by atoms with Crippen molar-refractivity contribution < 1.29 is 14.4 Å². The van der Waals surface area contributed by atoms with Gasteiger partial charge in [-0.1, -0.05) is 58.7 Å². The van der Waals surface area contributed by atoms with Crippen molar-refractivity contribution in [3.63, 3.8) is 0 Å². The number of carbonyl (C=O) groups excluding carboxylic acids is 3. The van der Waals surface area contributed by atoms with E-state index >= 15 is 0 Å². The number of nitrogens with two attached hydrogens (primary N) is 1. The van der Waals surface area contributed by atoms with E-state index in [2.05, 4.69) is 4.99 Å². The zero-order valence-corrected chi connectivity index (χ0v) is 18.7. The first-order valence-corrected chi connectivity index (χ1v) is 10.9. The minimum atomic E-state index is -0.906. The Labute approximate surface area is 193 Å². The van der Waals surface area contributed by atoms with Crippen molar-refractivity contribution in [2.75, 3.05) is 10.7 Å². The highest BCUT2D eigenvalue weighted by Crippen LogP contribution is 2.31. The number of imide groups is 1. The van der Waals surface area contributed by atoms with E-state index in [1.807, 2.05) is 36.5 Å². The number of aryl methyl sites for hydroxylation is 1. The SMILES string of the molecule is Cc1ccc(N2C(=O)/C(=C\c3ccc(Cl)c(Cl)c3)N=C2SCCC(=O)NC(N)=O)cc1. The van der Waals surface area contributed by atoms with Gasteiger partial charge in [0.15, 0.2) is 5.17 Å². The van der Waals surface area contributed by atoms with E-state index in [1.165, 1.54) is 16.7 Å². The van der Waals surface area contributed by atoms with Crippen molar-refractivity contribution in [2.45, 2.75) is 13.3 Å². The first-order chi connectivity index (χ1) is 14.7. The quantitative estimate of drug-likeness (QED) is 0.625. The van der Waals surface area contributed by atoms with Gasteiger partial charge >= 0.3 is 6.03 Å². The fourth-order valence-corrected chi connectivity index (χ4v) is 3.97. The summed E-state index contributed by atoms with van der Waals surface area (Å²) < 4.78 is 0. The van der Waals surface area contributed by atoms with Gasteiger partial charge < -0.3 is 5.73 Å². The van der Waals surface area contributed by atoms with Crippen LogP contribution in [0, 0.1) is 6.92 Å². The predicted molar refractivity (Wildman–Crippen MR) is 125 cm³/mol. The number of amides is 4. The third kappa shape index (κ3) is 5.88. The number of hydrogen-bond donors (Lipinski definition) is 2. The fraction of sp³-hybridized carbons (Fsp3) is 0.143. The minimum absolute atomic E-state index is 0.0361. The summed E-state index contributed by atoms with van der Waals surface area (Å²) in [7, 11) is 0. The molecule has 0 saturated carbocycles. The van der Waals surface area contributed by atoms with E-state index in [1.54, 1.807) is 24.3 Å². The van der Waals surface area contributed by atoms with Gasteiger partial charge in [-0.25, -0.2) is 9.79 Å².